The first-order valence-electron chi connectivity index (χ1n) is 6.37. The van der Waals surface area contributed by atoms with Crippen LogP contribution in [0.5, 0.6) is 0 Å². The number of rotatable bonds is 4. The predicted molar refractivity (Wildman–Crippen MR) is 59.8 cm³/mol. The minimum Gasteiger partial charge on any atom is -0.379 e. The second kappa shape index (κ2) is 3.70. The Kier molecular flexibility index (Phi) is 2.44. The summed E-state index contributed by atoms with van der Waals surface area (Å²) in [5, 5.41) is 0. The molecule has 1 heterocycles. The van der Waals surface area contributed by atoms with Gasteiger partial charge in [0, 0.05) is 19.2 Å². The second-order valence-corrected chi connectivity index (χ2v) is 5.59. The summed E-state index contributed by atoms with van der Waals surface area (Å²) in [6.07, 6.45) is 5.57. The van der Waals surface area contributed by atoms with Crippen molar-refractivity contribution in [3.05, 3.63) is 0 Å². The maximum atomic E-state index is 12.4. The molecule has 90 valence electrons. The summed E-state index contributed by atoms with van der Waals surface area (Å²) in [6, 6.07) is 0.481. The number of carbonyl (C=O) groups excluding carboxylic acids is 1. The smallest absolute Gasteiger partial charge is 0.245 e. The lowest BCUT2D eigenvalue weighted by molar-refractivity contribution is -0.137. The molecular weight excluding hydrogens is 204 g/mol. The van der Waals surface area contributed by atoms with Crippen LogP contribution in [0.3, 0.4) is 0 Å². The van der Waals surface area contributed by atoms with Crippen molar-refractivity contribution in [3.63, 3.8) is 0 Å². The molecule has 0 aromatic heterocycles. The van der Waals surface area contributed by atoms with Crippen molar-refractivity contribution in [2.75, 3.05) is 19.8 Å². The van der Waals surface area contributed by atoms with Crippen LogP contribution in [0.25, 0.3) is 0 Å². The van der Waals surface area contributed by atoms with Crippen molar-refractivity contribution in [1.29, 1.82) is 0 Å². The van der Waals surface area contributed by atoms with Gasteiger partial charge in [-0.25, -0.2) is 0 Å². The Morgan fingerprint density at radius 1 is 1.38 bits per heavy atom. The van der Waals surface area contributed by atoms with Crippen LogP contribution in [0.1, 0.15) is 32.1 Å². The van der Waals surface area contributed by atoms with E-state index < -0.39 is 5.54 Å². The SMILES string of the molecule is NC1(C(=O)N(CC2CC2)C2CC2)CCOC1. The number of carbonyl (C=O) groups is 1. The summed E-state index contributed by atoms with van der Waals surface area (Å²) in [5.41, 5.74) is 5.42. The van der Waals surface area contributed by atoms with Crippen LogP contribution in [0.15, 0.2) is 0 Å². The molecule has 2 saturated carbocycles. The molecule has 0 aromatic carbocycles. The molecule has 0 spiro atoms. The lowest BCUT2D eigenvalue weighted by atomic mass is 9.98. The summed E-state index contributed by atoms with van der Waals surface area (Å²) >= 11 is 0. The molecule has 4 heteroatoms. The van der Waals surface area contributed by atoms with E-state index in [9.17, 15) is 4.79 Å². The van der Waals surface area contributed by atoms with Crippen molar-refractivity contribution < 1.29 is 9.53 Å². The first-order chi connectivity index (χ1) is 7.69. The molecule has 1 unspecified atom stereocenters. The van der Waals surface area contributed by atoms with Crippen LogP contribution in [0.4, 0.5) is 0 Å². The van der Waals surface area contributed by atoms with E-state index in [1.807, 2.05) is 4.90 Å². The van der Waals surface area contributed by atoms with Gasteiger partial charge in [-0.2, -0.15) is 0 Å². The summed E-state index contributed by atoms with van der Waals surface area (Å²) in [6.45, 7) is 1.96. The van der Waals surface area contributed by atoms with Crippen molar-refractivity contribution in [3.8, 4) is 0 Å². The number of nitrogens with zero attached hydrogens (tertiary/aromatic N) is 1. The van der Waals surface area contributed by atoms with Crippen molar-refractivity contribution in [1.82, 2.24) is 4.90 Å². The number of ether oxygens (including phenoxy) is 1. The zero-order valence-corrected chi connectivity index (χ0v) is 9.65. The fourth-order valence-electron chi connectivity index (χ4n) is 2.40. The lowest BCUT2D eigenvalue weighted by Crippen LogP contribution is -2.56. The molecule has 0 aromatic rings. The number of amides is 1. The maximum Gasteiger partial charge on any atom is 0.245 e. The fourth-order valence-corrected chi connectivity index (χ4v) is 2.40. The Balaban J connectivity index is 1.69. The molecule has 1 aliphatic heterocycles. The van der Waals surface area contributed by atoms with Crippen molar-refractivity contribution in [2.45, 2.75) is 43.7 Å². The first-order valence-corrected chi connectivity index (χ1v) is 6.37. The highest BCUT2D eigenvalue weighted by molar-refractivity contribution is 5.87. The molecule has 2 aliphatic carbocycles. The molecule has 1 atom stereocenters. The van der Waals surface area contributed by atoms with Crippen LogP contribution in [0.2, 0.25) is 0 Å². The lowest BCUT2D eigenvalue weighted by Gasteiger charge is -2.30. The third-order valence-corrected chi connectivity index (χ3v) is 3.88. The van der Waals surface area contributed by atoms with E-state index in [0.717, 1.165) is 25.3 Å². The summed E-state index contributed by atoms with van der Waals surface area (Å²) in [5.74, 6) is 0.884. The Morgan fingerprint density at radius 3 is 2.62 bits per heavy atom. The van der Waals surface area contributed by atoms with E-state index in [1.54, 1.807) is 0 Å². The van der Waals surface area contributed by atoms with E-state index in [-0.39, 0.29) is 5.91 Å². The summed E-state index contributed by atoms with van der Waals surface area (Å²) in [7, 11) is 0. The molecule has 1 amide bonds. The monoisotopic (exact) mass is 224 g/mol. The quantitative estimate of drug-likeness (QED) is 0.757. The first kappa shape index (κ1) is 10.5. The highest BCUT2D eigenvalue weighted by atomic mass is 16.5. The van der Waals surface area contributed by atoms with E-state index >= 15 is 0 Å². The topological polar surface area (TPSA) is 55.6 Å². The summed E-state index contributed by atoms with van der Waals surface area (Å²) in [4.78, 5) is 14.5. The number of hydrogen-bond donors (Lipinski definition) is 1. The van der Waals surface area contributed by atoms with Gasteiger partial charge in [-0.15, -0.1) is 0 Å². The molecule has 3 fully saturated rings. The van der Waals surface area contributed by atoms with Gasteiger partial charge >= 0.3 is 0 Å². The van der Waals surface area contributed by atoms with E-state index in [2.05, 4.69) is 0 Å². The third-order valence-electron chi connectivity index (χ3n) is 3.88. The normalized spacial score (nSPS) is 34.1. The van der Waals surface area contributed by atoms with Gasteiger partial charge in [-0.1, -0.05) is 0 Å². The molecule has 3 aliphatic rings. The zero-order valence-electron chi connectivity index (χ0n) is 9.65. The molecule has 0 bridgehead atoms. The van der Waals surface area contributed by atoms with Crippen LogP contribution in [0, 0.1) is 5.92 Å². The fraction of sp³-hybridized carbons (Fsp3) is 0.917. The average Bonchev–Trinajstić information content (AvgIpc) is 3.16. The third kappa shape index (κ3) is 1.96. The van der Waals surface area contributed by atoms with Crippen molar-refractivity contribution in [2.24, 2.45) is 11.7 Å². The van der Waals surface area contributed by atoms with Gasteiger partial charge in [0.05, 0.1) is 6.61 Å². The summed E-state index contributed by atoms with van der Waals surface area (Å²) < 4.78 is 5.28. The minimum atomic E-state index is -0.725. The average molecular weight is 224 g/mol. The molecule has 3 rings (SSSR count). The van der Waals surface area contributed by atoms with Gasteiger partial charge in [0.2, 0.25) is 5.91 Å². The zero-order chi connectivity index (χ0) is 11.2. The molecule has 2 N–H and O–H groups in total. The van der Waals surface area contributed by atoms with Crippen molar-refractivity contribution >= 4 is 5.91 Å². The Bertz CT molecular complexity index is 291. The van der Waals surface area contributed by atoms with E-state index in [4.69, 9.17) is 10.5 Å². The van der Waals surface area contributed by atoms with E-state index in [1.165, 1.54) is 12.8 Å². The van der Waals surface area contributed by atoms with Crippen LogP contribution in [-0.4, -0.2) is 42.1 Å². The standard InChI is InChI=1S/C12H20N2O2/c13-12(5-6-16-8-12)11(15)14(10-3-4-10)7-9-1-2-9/h9-10H,1-8,13H2. The Labute approximate surface area is 96.1 Å². The Hall–Kier alpha value is -0.610. The molecular formula is C12H20N2O2. The molecule has 1 saturated heterocycles. The molecule has 16 heavy (non-hydrogen) atoms. The van der Waals surface area contributed by atoms with Crippen LogP contribution in [-0.2, 0) is 9.53 Å². The van der Waals surface area contributed by atoms with Gasteiger partial charge in [0.15, 0.2) is 0 Å². The van der Waals surface area contributed by atoms with Crippen LogP contribution < -0.4 is 5.73 Å². The largest absolute Gasteiger partial charge is 0.379 e. The van der Waals surface area contributed by atoms with Gasteiger partial charge in [0.25, 0.3) is 0 Å². The van der Waals surface area contributed by atoms with Gasteiger partial charge < -0.3 is 15.4 Å². The van der Waals surface area contributed by atoms with Gasteiger partial charge in [-0.3, -0.25) is 4.79 Å². The minimum absolute atomic E-state index is 0.138. The maximum absolute atomic E-state index is 12.4. The van der Waals surface area contributed by atoms with Crippen LogP contribution >= 0.6 is 0 Å². The van der Waals surface area contributed by atoms with E-state index in [0.29, 0.717) is 25.7 Å². The molecule has 4 nitrogen and oxygen atoms in total. The number of nitrogens with two attached hydrogens (primary N) is 1. The highest BCUT2D eigenvalue weighted by Crippen LogP contribution is 2.36. The highest BCUT2D eigenvalue weighted by Gasteiger charge is 2.46. The van der Waals surface area contributed by atoms with Gasteiger partial charge in [-0.05, 0) is 38.0 Å². The Morgan fingerprint density at radius 2 is 2.12 bits per heavy atom. The molecule has 0 radical (unpaired) electrons. The second-order valence-electron chi connectivity index (χ2n) is 5.59. The van der Waals surface area contributed by atoms with Gasteiger partial charge in [0.1, 0.15) is 5.54 Å². The predicted octanol–water partition coefficient (Wildman–Crippen LogP) is 0.505. The number of hydrogen-bond acceptors (Lipinski definition) is 3.